The molecule has 29 heavy (non-hydrogen) atoms. The molecular formula is C22H15ClFNO4. The monoisotopic (exact) mass is 411 g/mol. The Kier molecular flexibility index (Phi) is 4.94. The van der Waals surface area contributed by atoms with E-state index >= 15 is 0 Å². The fraction of sp³-hybridized carbons (Fsp3) is 0.0909. The van der Waals surface area contributed by atoms with Crippen LogP contribution < -0.4 is 5.32 Å². The van der Waals surface area contributed by atoms with Crippen molar-refractivity contribution in [2.45, 2.75) is 5.92 Å². The number of benzene rings is 3. The second-order valence-electron chi connectivity index (χ2n) is 6.54. The highest BCUT2D eigenvalue weighted by molar-refractivity contribution is 6.33. The predicted molar refractivity (Wildman–Crippen MR) is 107 cm³/mol. The number of hydrogen-bond donors (Lipinski definition) is 2. The Morgan fingerprint density at radius 3 is 2.17 bits per heavy atom. The van der Waals surface area contributed by atoms with Crippen LogP contribution in [0.2, 0.25) is 5.02 Å². The van der Waals surface area contributed by atoms with Gasteiger partial charge < -0.3 is 9.84 Å². The Morgan fingerprint density at radius 2 is 1.59 bits per heavy atom. The molecule has 0 bridgehead atoms. The topological polar surface area (TPSA) is 75.6 Å². The van der Waals surface area contributed by atoms with Gasteiger partial charge in [0.25, 0.3) is 0 Å². The van der Waals surface area contributed by atoms with Crippen molar-refractivity contribution < 1.29 is 23.8 Å². The molecular weight excluding hydrogens is 397 g/mol. The number of carboxylic acid groups (broad SMARTS) is 1. The van der Waals surface area contributed by atoms with Gasteiger partial charge in [-0.2, -0.15) is 0 Å². The Hall–Kier alpha value is -3.38. The zero-order chi connectivity index (χ0) is 20.5. The molecule has 2 N–H and O–H groups in total. The van der Waals surface area contributed by atoms with E-state index in [1.165, 1.54) is 12.1 Å². The second-order valence-corrected chi connectivity index (χ2v) is 6.95. The van der Waals surface area contributed by atoms with Crippen molar-refractivity contribution in [2.75, 3.05) is 11.9 Å². The zero-order valence-corrected chi connectivity index (χ0v) is 15.7. The molecule has 4 rings (SSSR count). The zero-order valence-electron chi connectivity index (χ0n) is 15.0. The summed E-state index contributed by atoms with van der Waals surface area (Å²) in [4.78, 5) is 23.4. The number of amides is 1. The van der Waals surface area contributed by atoms with E-state index in [0.717, 1.165) is 22.3 Å². The molecule has 0 radical (unpaired) electrons. The van der Waals surface area contributed by atoms with Gasteiger partial charge in [0.1, 0.15) is 12.2 Å². The highest BCUT2D eigenvalue weighted by Gasteiger charge is 2.29. The maximum absolute atomic E-state index is 14.3. The molecule has 1 aliphatic carbocycles. The van der Waals surface area contributed by atoms with Crippen LogP contribution in [0.4, 0.5) is 14.9 Å². The molecule has 0 spiro atoms. The van der Waals surface area contributed by atoms with Gasteiger partial charge in [0.05, 0.1) is 10.7 Å². The van der Waals surface area contributed by atoms with Gasteiger partial charge in [-0.05, 0) is 34.4 Å². The lowest BCUT2D eigenvalue weighted by atomic mass is 9.98. The van der Waals surface area contributed by atoms with Gasteiger partial charge in [-0.25, -0.2) is 14.0 Å². The SMILES string of the molecule is O=C(Nc1ccc(Cl)c(C(=O)O)c1F)OCC1c2ccccc2-c2ccccc21. The minimum Gasteiger partial charge on any atom is -0.478 e. The van der Waals surface area contributed by atoms with Crippen LogP contribution in [-0.4, -0.2) is 23.8 Å². The largest absolute Gasteiger partial charge is 0.478 e. The second kappa shape index (κ2) is 7.56. The van der Waals surface area contributed by atoms with Crippen molar-refractivity contribution in [3.63, 3.8) is 0 Å². The van der Waals surface area contributed by atoms with Crippen LogP contribution in [0, 0.1) is 5.82 Å². The van der Waals surface area contributed by atoms with Crippen LogP contribution in [0.5, 0.6) is 0 Å². The van der Waals surface area contributed by atoms with Crippen molar-refractivity contribution in [1.29, 1.82) is 0 Å². The minimum atomic E-state index is -1.52. The Labute approximate surface area is 170 Å². The summed E-state index contributed by atoms with van der Waals surface area (Å²) in [5, 5.41) is 11.1. The Balaban J connectivity index is 1.52. The maximum Gasteiger partial charge on any atom is 0.411 e. The number of carboxylic acids is 1. The van der Waals surface area contributed by atoms with Gasteiger partial charge in [0.2, 0.25) is 0 Å². The first kappa shape index (κ1) is 19.0. The molecule has 7 heteroatoms. The molecule has 0 saturated heterocycles. The summed E-state index contributed by atoms with van der Waals surface area (Å²) >= 11 is 5.71. The van der Waals surface area contributed by atoms with Crippen LogP contribution >= 0.6 is 11.6 Å². The lowest BCUT2D eigenvalue weighted by Crippen LogP contribution is -2.19. The first-order chi connectivity index (χ1) is 14.0. The van der Waals surface area contributed by atoms with Crippen LogP contribution in [-0.2, 0) is 4.74 Å². The van der Waals surface area contributed by atoms with Crippen molar-refractivity contribution in [1.82, 2.24) is 0 Å². The summed E-state index contributed by atoms with van der Waals surface area (Å²) in [6, 6.07) is 18.2. The van der Waals surface area contributed by atoms with E-state index in [1.54, 1.807) is 0 Å². The lowest BCUT2D eigenvalue weighted by molar-refractivity contribution is 0.0692. The number of rotatable bonds is 4. The number of anilines is 1. The number of carbonyl (C=O) groups excluding carboxylic acids is 1. The molecule has 1 aliphatic rings. The van der Waals surface area contributed by atoms with Crippen molar-refractivity contribution in [3.05, 3.63) is 88.2 Å². The highest BCUT2D eigenvalue weighted by Crippen LogP contribution is 2.44. The molecule has 5 nitrogen and oxygen atoms in total. The van der Waals surface area contributed by atoms with E-state index in [-0.39, 0.29) is 23.2 Å². The quantitative estimate of drug-likeness (QED) is 0.591. The summed E-state index contributed by atoms with van der Waals surface area (Å²) in [7, 11) is 0. The first-order valence-electron chi connectivity index (χ1n) is 8.80. The molecule has 3 aromatic carbocycles. The third kappa shape index (κ3) is 3.43. The average Bonchev–Trinajstić information content (AvgIpc) is 3.02. The number of hydrogen-bond acceptors (Lipinski definition) is 3. The van der Waals surface area contributed by atoms with E-state index < -0.39 is 23.4 Å². The smallest absolute Gasteiger partial charge is 0.411 e. The molecule has 0 aromatic heterocycles. The third-order valence-electron chi connectivity index (χ3n) is 4.89. The summed E-state index contributed by atoms with van der Waals surface area (Å²) < 4.78 is 19.7. The normalized spacial score (nSPS) is 12.2. The van der Waals surface area contributed by atoms with E-state index in [4.69, 9.17) is 21.4 Å². The average molecular weight is 412 g/mol. The molecule has 0 saturated carbocycles. The van der Waals surface area contributed by atoms with Crippen LogP contribution in [0.25, 0.3) is 11.1 Å². The number of nitrogens with one attached hydrogen (secondary N) is 1. The number of carbonyl (C=O) groups is 2. The van der Waals surface area contributed by atoms with Gasteiger partial charge >= 0.3 is 12.1 Å². The first-order valence-corrected chi connectivity index (χ1v) is 9.18. The van der Waals surface area contributed by atoms with Crippen molar-refractivity contribution >= 4 is 29.4 Å². The summed E-state index contributed by atoms with van der Waals surface area (Å²) in [5.74, 6) is -2.79. The van der Waals surface area contributed by atoms with Crippen LogP contribution in [0.1, 0.15) is 27.4 Å². The minimum absolute atomic E-state index is 0.0564. The summed E-state index contributed by atoms with van der Waals surface area (Å²) in [5.41, 5.74) is 3.26. The van der Waals surface area contributed by atoms with Crippen molar-refractivity contribution in [2.24, 2.45) is 0 Å². The number of halogens is 2. The van der Waals surface area contributed by atoms with E-state index in [9.17, 15) is 14.0 Å². The molecule has 0 unspecified atom stereocenters. The molecule has 0 atom stereocenters. The molecule has 3 aromatic rings. The highest BCUT2D eigenvalue weighted by atomic mass is 35.5. The van der Waals surface area contributed by atoms with E-state index in [0.29, 0.717) is 0 Å². The Bertz CT molecular complexity index is 1090. The fourth-order valence-corrected chi connectivity index (χ4v) is 3.82. The lowest BCUT2D eigenvalue weighted by Gasteiger charge is -2.15. The van der Waals surface area contributed by atoms with E-state index in [2.05, 4.69) is 5.32 Å². The molecule has 0 fully saturated rings. The maximum atomic E-state index is 14.3. The standard InChI is InChI=1S/C22H15ClFNO4/c23-17-9-10-18(20(24)19(17)21(26)27)25-22(28)29-11-16-14-7-3-1-5-12(14)13-6-2-4-8-15(13)16/h1-10,16H,11H2,(H,25,28)(H,26,27). The molecule has 0 heterocycles. The predicted octanol–water partition coefficient (Wildman–Crippen LogP) is 5.54. The fourth-order valence-electron chi connectivity index (χ4n) is 3.59. The molecule has 1 amide bonds. The van der Waals surface area contributed by atoms with Crippen LogP contribution in [0.15, 0.2) is 60.7 Å². The van der Waals surface area contributed by atoms with Gasteiger partial charge in [-0.1, -0.05) is 60.1 Å². The van der Waals surface area contributed by atoms with Gasteiger partial charge in [0, 0.05) is 5.92 Å². The van der Waals surface area contributed by atoms with Gasteiger partial charge in [-0.3, -0.25) is 5.32 Å². The molecule has 146 valence electrons. The van der Waals surface area contributed by atoms with Crippen LogP contribution in [0.3, 0.4) is 0 Å². The van der Waals surface area contributed by atoms with Crippen molar-refractivity contribution in [3.8, 4) is 11.1 Å². The molecule has 0 aliphatic heterocycles. The number of fused-ring (bicyclic) bond motifs is 3. The third-order valence-corrected chi connectivity index (χ3v) is 5.20. The Morgan fingerprint density at radius 1 is 1.00 bits per heavy atom. The number of aromatic carboxylic acids is 1. The van der Waals surface area contributed by atoms with E-state index in [1.807, 2.05) is 48.5 Å². The van der Waals surface area contributed by atoms with Gasteiger partial charge in [0.15, 0.2) is 5.82 Å². The van der Waals surface area contributed by atoms with Gasteiger partial charge in [-0.15, -0.1) is 0 Å². The number of ether oxygens (including phenoxy) is 1. The summed E-state index contributed by atoms with van der Waals surface area (Å²) in [6.07, 6.45) is -0.885. The summed E-state index contributed by atoms with van der Waals surface area (Å²) in [6.45, 7) is 0.0564.